The van der Waals surface area contributed by atoms with E-state index in [0.717, 1.165) is 11.2 Å². The molecular formula is C16H31NS. The second-order valence-corrected chi connectivity index (χ2v) is 7.83. The van der Waals surface area contributed by atoms with Crippen molar-refractivity contribution in [3.05, 3.63) is 0 Å². The van der Waals surface area contributed by atoms with Crippen LogP contribution in [0, 0.1) is 5.92 Å². The van der Waals surface area contributed by atoms with Crippen molar-refractivity contribution in [3.63, 3.8) is 0 Å². The van der Waals surface area contributed by atoms with Gasteiger partial charge in [-0.2, -0.15) is 11.8 Å². The Morgan fingerprint density at radius 3 is 2.17 bits per heavy atom. The van der Waals surface area contributed by atoms with Gasteiger partial charge in [-0.05, 0) is 37.4 Å². The first-order valence-electron chi connectivity index (χ1n) is 8.22. The summed E-state index contributed by atoms with van der Waals surface area (Å²) in [6.45, 7) is 0. The molecule has 1 atom stereocenters. The minimum atomic E-state index is 0.476. The molecule has 0 aliphatic heterocycles. The summed E-state index contributed by atoms with van der Waals surface area (Å²) >= 11 is 2.21. The van der Waals surface area contributed by atoms with Crippen molar-refractivity contribution in [2.75, 3.05) is 5.75 Å². The Bertz CT molecular complexity index is 207. The van der Waals surface area contributed by atoms with Gasteiger partial charge in [-0.3, -0.25) is 0 Å². The number of nitrogens with two attached hydrogens (primary N) is 1. The van der Waals surface area contributed by atoms with Gasteiger partial charge in [0.2, 0.25) is 0 Å². The zero-order valence-electron chi connectivity index (χ0n) is 11.9. The fourth-order valence-corrected chi connectivity index (χ4v) is 5.03. The molecule has 0 aromatic carbocycles. The van der Waals surface area contributed by atoms with E-state index in [4.69, 9.17) is 5.73 Å². The third-order valence-electron chi connectivity index (χ3n) is 4.76. The maximum absolute atomic E-state index is 6.31. The number of hydrogen-bond acceptors (Lipinski definition) is 2. The van der Waals surface area contributed by atoms with E-state index in [-0.39, 0.29) is 0 Å². The lowest BCUT2D eigenvalue weighted by molar-refractivity contribution is 0.315. The van der Waals surface area contributed by atoms with E-state index < -0.39 is 0 Å². The summed E-state index contributed by atoms with van der Waals surface area (Å²) < 4.78 is 0. The second-order valence-electron chi connectivity index (χ2n) is 6.42. The van der Waals surface area contributed by atoms with Gasteiger partial charge >= 0.3 is 0 Å². The van der Waals surface area contributed by atoms with Crippen molar-refractivity contribution in [3.8, 4) is 0 Å². The van der Waals surface area contributed by atoms with Crippen molar-refractivity contribution in [1.82, 2.24) is 0 Å². The number of hydrogen-bond donors (Lipinski definition) is 1. The quantitative estimate of drug-likeness (QED) is 0.753. The Labute approximate surface area is 118 Å². The summed E-state index contributed by atoms with van der Waals surface area (Å²) in [5, 5.41) is 0.959. The van der Waals surface area contributed by atoms with Crippen LogP contribution < -0.4 is 5.73 Å². The molecule has 2 aliphatic rings. The van der Waals surface area contributed by atoms with Crippen LogP contribution in [0.15, 0.2) is 0 Å². The predicted octanol–water partition coefficient (Wildman–Crippen LogP) is 4.74. The maximum atomic E-state index is 6.31. The van der Waals surface area contributed by atoms with Crippen molar-refractivity contribution in [2.24, 2.45) is 11.7 Å². The molecule has 0 radical (unpaired) electrons. The molecule has 0 aromatic rings. The first kappa shape index (κ1) is 14.7. The molecule has 2 fully saturated rings. The van der Waals surface area contributed by atoms with Gasteiger partial charge < -0.3 is 5.73 Å². The molecule has 2 aliphatic carbocycles. The highest BCUT2D eigenvalue weighted by molar-refractivity contribution is 7.99. The van der Waals surface area contributed by atoms with Crippen LogP contribution >= 0.6 is 11.8 Å². The largest absolute Gasteiger partial charge is 0.328 e. The standard InChI is InChI=1S/C16H31NS/c17-15(13-14-7-3-1-4-8-14)11-12-18-16-9-5-2-6-10-16/h14-16H,1-13,17H2. The molecule has 0 heterocycles. The highest BCUT2D eigenvalue weighted by Crippen LogP contribution is 2.30. The van der Waals surface area contributed by atoms with Crippen molar-refractivity contribution >= 4 is 11.8 Å². The van der Waals surface area contributed by atoms with Gasteiger partial charge in [0, 0.05) is 11.3 Å². The van der Waals surface area contributed by atoms with Crippen LogP contribution in [-0.4, -0.2) is 17.0 Å². The summed E-state index contributed by atoms with van der Waals surface area (Å²) in [6, 6.07) is 0.476. The fourth-order valence-electron chi connectivity index (χ4n) is 3.59. The van der Waals surface area contributed by atoms with E-state index in [1.54, 1.807) is 0 Å². The van der Waals surface area contributed by atoms with Crippen molar-refractivity contribution < 1.29 is 0 Å². The van der Waals surface area contributed by atoms with Gasteiger partial charge in [-0.1, -0.05) is 51.4 Å². The van der Waals surface area contributed by atoms with Crippen LogP contribution in [0.25, 0.3) is 0 Å². The van der Waals surface area contributed by atoms with E-state index in [2.05, 4.69) is 11.8 Å². The molecule has 2 rings (SSSR count). The lowest BCUT2D eigenvalue weighted by Crippen LogP contribution is -2.25. The molecule has 2 heteroatoms. The highest BCUT2D eigenvalue weighted by atomic mass is 32.2. The highest BCUT2D eigenvalue weighted by Gasteiger charge is 2.18. The summed E-state index contributed by atoms with van der Waals surface area (Å²) in [5.74, 6) is 2.26. The van der Waals surface area contributed by atoms with E-state index in [1.165, 1.54) is 82.8 Å². The van der Waals surface area contributed by atoms with Gasteiger partial charge in [-0.15, -0.1) is 0 Å². The topological polar surface area (TPSA) is 26.0 Å². The molecule has 1 nitrogen and oxygen atoms in total. The third kappa shape index (κ3) is 5.52. The van der Waals surface area contributed by atoms with Crippen LogP contribution in [-0.2, 0) is 0 Å². The maximum Gasteiger partial charge on any atom is 0.00493 e. The fraction of sp³-hybridized carbons (Fsp3) is 1.00. The summed E-state index contributed by atoms with van der Waals surface area (Å²) in [6.07, 6.45) is 17.1. The van der Waals surface area contributed by atoms with Crippen molar-refractivity contribution in [2.45, 2.75) is 88.3 Å². The lowest BCUT2D eigenvalue weighted by atomic mass is 9.84. The molecule has 0 saturated heterocycles. The average molecular weight is 269 g/mol. The molecule has 1 unspecified atom stereocenters. The predicted molar refractivity (Wildman–Crippen MR) is 83.1 cm³/mol. The van der Waals surface area contributed by atoms with E-state index in [1.807, 2.05) is 0 Å². The summed E-state index contributed by atoms with van der Waals surface area (Å²) in [5.41, 5.74) is 6.31. The molecule has 18 heavy (non-hydrogen) atoms. The monoisotopic (exact) mass is 269 g/mol. The van der Waals surface area contributed by atoms with Gasteiger partial charge in [-0.25, -0.2) is 0 Å². The van der Waals surface area contributed by atoms with Crippen LogP contribution in [0.2, 0.25) is 0 Å². The summed E-state index contributed by atoms with van der Waals surface area (Å²) in [7, 11) is 0. The molecule has 0 bridgehead atoms. The molecule has 0 aromatic heterocycles. The van der Waals surface area contributed by atoms with Crippen LogP contribution in [0.1, 0.15) is 77.0 Å². The van der Waals surface area contributed by atoms with Gasteiger partial charge in [0.25, 0.3) is 0 Å². The number of rotatable bonds is 6. The molecule has 2 saturated carbocycles. The first-order chi connectivity index (χ1) is 8.84. The molecule has 0 amide bonds. The lowest BCUT2D eigenvalue weighted by Gasteiger charge is -2.25. The van der Waals surface area contributed by atoms with E-state index in [0.29, 0.717) is 6.04 Å². The number of thioether (sulfide) groups is 1. The Kier molecular flexibility index (Phi) is 6.93. The van der Waals surface area contributed by atoms with Crippen LogP contribution in [0.5, 0.6) is 0 Å². The Balaban J connectivity index is 1.52. The molecule has 2 N–H and O–H groups in total. The first-order valence-corrected chi connectivity index (χ1v) is 9.26. The Hall–Kier alpha value is 0.310. The van der Waals surface area contributed by atoms with E-state index in [9.17, 15) is 0 Å². The van der Waals surface area contributed by atoms with E-state index >= 15 is 0 Å². The Morgan fingerprint density at radius 2 is 1.50 bits per heavy atom. The van der Waals surface area contributed by atoms with Gasteiger partial charge in [0.05, 0.1) is 0 Å². The molecular weight excluding hydrogens is 238 g/mol. The molecule has 106 valence electrons. The zero-order valence-corrected chi connectivity index (χ0v) is 12.7. The average Bonchev–Trinajstić information content (AvgIpc) is 2.41. The Morgan fingerprint density at radius 1 is 0.889 bits per heavy atom. The normalized spacial score (nSPS) is 25.2. The second kappa shape index (κ2) is 8.47. The van der Waals surface area contributed by atoms with Gasteiger partial charge in [0.15, 0.2) is 0 Å². The SMILES string of the molecule is NC(CCSC1CCCCC1)CC1CCCCC1. The smallest absolute Gasteiger partial charge is 0.00493 e. The third-order valence-corrected chi connectivity index (χ3v) is 6.17. The van der Waals surface area contributed by atoms with Crippen LogP contribution in [0.4, 0.5) is 0 Å². The summed E-state index contributed by atoms with van der Waals surface area (Å²) in [4.78, 5) is 0. The minimum absolute atomic E-state index is 0.476. The minimum Gasteiger partial charge on any atom is -0.328 e. The van der Waals surface area contributed by atoms with Crippen LogP contribution in [0.3, 0.4) is 0 Å². The zero-order chi connectivity index (χ0) is 12.6. The molecule has 0 spiro atoms. The van der Waals surface area contributed by atoms with Gasteiger partial charge in [0.1, 0.15) is 0 Å². The van der Waals surface area contributed by atoms with Crippen molar-refractivity contribution in [1.29, 1.82) is 0 Å².